The number of carbonyl (C=O) groups is 1. The molecule has 0 atom stereocenters. The molecule has 1 aliphatic rings. The molecule has 3 rings (SSSR count). The van der Waals surface area contributed by atoms with Crippen LogP contribution in [0.2, 0.25) is 0 Å². The number of esters is 1. The summed E-state index contributed by atoms with van der Waals surface area (Å²) in [6.45, 7) is 1.94. The number of nitrogens with zero attached hydrogens (tertiary/aromatic N) is 2. The number of nitrogens with one attached hydrogen (secondary N) is 1. The summed E-state index contributed by atoms with van der Waals surface area (Å²) in [5.74, 6) is -0.168. The van der Waals surface area contributed by atoms with Crippen LogP contribution in [0.15, 0.2) is 17.1 Å². The van der Waals surface area contributed by atoms with E-state index >= 15 is 0 Å². The van der Waals surface area contributed by atoms with Crippen LogP contribution in [0.5, 0.6) is 0 Å². The SMILES string of the molecule is CCOC(=O)c1cnc2cc(C3CCCC3)[nH]n2c1=O. The summed E-state index contributed by atoms with van der Waals surface area (Å²) in [5, 5.41) is 3.08. The summed E-state index contributed by atoms with van der Waals surface area (Å²) < 4.78 is 6.19. The fraction of sp³-hybridized carbons (Fsp3) is 0.500. The van der Waals surface area contributed by atoms with Crippen molar-refractivity contribution in [2.45, 2.75) is 38.5 Å². The van der Waals surface area contributed by atoms with Crippen LogP contribution in [0.25, 0.3) is 5.65 Å². The molecule has 20 heavy (non-hydrogen) atoms. The molecule has 106 valence electrons. The highest BCUT2D eigenvalue weighted by Crippen LogP contribution is 2.33. The van der Waals surface area contributed by atoms with E-state index < -0.39 is 11.5 Å². The number of H-pyrrole nitrogens is 1. The molecule has 0 saturated heterocycles. The van der Waals surface area contributed by atoms with E-state index in [1.807, 2.05) is 6.07 Å². The molecular formula is C14H17N3O3. The Hall–Kier alpha value is -2.11. The van der Waals surface area contributed by atoms with E-state index in [1.54, 1.807) is 6.92 Å². The second kappa shape index (κ2) is 5.11. The van der Waals surface area contributed by atoms with E-state index in [0.717, 1.165) is 18.5 Å². The summed E-state index contributed by atoms with van der Waals surface area (Å²) >= 11 is 0. The van der Waals surface area contributed by atoms with Crippen molar-refractivity contribution in [3.63, 3.8) is 0 Å². The van der Waals surface area contributed by atoms with Crippen molar-refractivity contribution in [1.29, 1.82) is 0 Å². The highest BCUT2D eigenvalue weighted by Gasteiger charge is 2.21. The molecule has 0 amide bonds. The van der Waals surface area contributed by atoms with E-state index in [0.29, 0.717) is 11.6 Å². The molecule has 6 nitrogen and oxygen atoms in total. The predicted molar refractivity (Wildman–Crippen MR) is 73.0 cm³/mol. The molecule has 1 fully saturated rings. The largest absolute Gasteiger partial charge is 0.462 e. The Morgan fingerprint density at radius 1 is 1.50 bits per heavy atom. The maximum atomic E-state index is 12.3. The van der Waals surface area contributed by atoms with E-state index in [4.69, 9.17) is 4.74 Å². The Labute approximate surface area is 115 Å². The van der Waals surface area contributed by atoms with Gasteiger partial charge in [-0.25, -0.2) is 14.3 Å². The smallest absolute Gasteiger partial charge is 0.345 e. The van der Waals surface area contributed by atoms with Crippen molar-refractivity contribution >= 4 is 11.6 Å². The Bertz CT molecular complexity index is 695. The van der Waals surface area contributed by atoms with Gasteiger partial charge in [0, 0.05) is 23.9 Å². The Kier molecular flexibility index (Phi) is 3.30. The summed E-state index contributed by atoms with van der Waals surface area (Å²) in [7, 11) is 0. The van der Waals surface area contributed by atoms with Gasteiger partial charge >= 0.3 is 5.97 Å². The van der Waals surface area contributed by atoms with Gasteiger partial charge in [0.2, 0.25) is 0 Å². The fourth-order valence-electron chi connectivity index (χ4n) is 2.77. The molecule has 1 aliphatic carbocycles. The number of hydrogen-bond donors (Lipinski definition) is 1. The van der Waals surface area contributed by atoms with Crippen LogP contribution in [0.4, 0.5) is 0 Å². The van der Waals surface area contributed by atoms with Gasteiger partial charge in [-0.3, -0.25) is 9.89 Å². The molecular weight excluding hydrogens is 258 g/mol. The third-order valence-electron chi connectivity index (χ3n) is 3.80. The van der Waals surface area contributed by atoms with Crippen LogP contribution in [0, 0.1) is 0 Å². The number of aromatic nitrogens is 3. The van der Waals surface area contributed by atoms with Crippen molar-refractivity contribution in [2.24, 2.45) is 0 Å². The average Bonchev–Trinajstić information content (AvgIpc) is 3.08. The maximum Gasteiger partial charge on any atom is 0.345 e. The van der Waals surface area contributed by atoms with Gasteiger partial charge in [0.05, 0.1) is 6.61 Å². The van der Waals surface area contributed by atoms with Crippen molar-refractivity contribution in [3.05, 3.63) is 33.9 Å². The lowest BCUT2D eigenvalue weighted by Gasteiger charge is -2.04. The standard InChI is InChI=1S/C14H17N3O3/c1-2-20-14(19)10-8-15-12-7-11(9-5-3-4-6-9)16-17(12)13(10)18/h7-9,16H,2-6H2,1H3. The molecule has 0 bridgehead atoms. The minimum Gasteiger partial charge on any atom is -0.462 e. The summed E-state index contributed by atoms with van der Waals surface area (Å²) in [6.07, 6.45) is 5.99. The molecule has 0 spiro atoms. The molecule has 0 unspecified atom stereocenters. The first-order valence-corrected chi connectivity index (χ1v) is 6.98. The second-order valence-electron chi connectivity index (χ2n) is 5.08. The van der Waals surface area contributed by atoms with Gasteiger partial charge < -0.3 is 4.74 Å². The molecule has 0 radical (unpaired) electrons. The Balaban J connectivity index is 2.04. The van der Waals surface area contributed by atoms with Crippen LogP contribution in [-0.4, -0.2) is 27.2 Å². The first kappa shape index (κ1) is 12.9. The van der Waals surface area contributed by atoms with Crippen LogP contribution in [0.3, 0.4) is 0 Å². The van der Waals surface area contributed by atoms with E-state index in [2.05, 4.69) is 10.1 Å². The van der Waals surface area contributed by atoms with Gasteiger partial charge in [-0.05, 0) is 19.8 Å². The van der Waals surface area contributed by atoms with Gasteiger partial charge in [-0.2, -0.15) is 0 Å². The number of carbonyl (C=O) groups excluding carboxylic acids is 1. The van der Waals surface area contributed by atoms with Crippen molar-refractivity contribution in [2.75, 3.05) is 6.61 Å². The van der Waals surface area contributed by atoms with Crippen LogP contribution in [0.1, 0.15) is 54.6 Å². The van der Waals surface area contributed by atoms with E-state index in [1.165, 1.54) is 23.6 Å². The predicted octanol–water partition coefficient (Wildman–Crippen LogP) is 1.86. The maximum absolute atomic E-state index is 12.3. The Morgan fingerprint density at radius 3 is 2.95 bits per heavy atom. The van der Waals surface area contributed by atoms with Gasteiger partial charge in [0.25, 0.3) is 5.56 Å². The van der Waals surface area contributed by atoms with E-state index in [9.17, 15) is 9.59 Å². The summed E-state index contributed by atoms with van der Waals surface area (Å²) in [6, 6.07) is 1.90. The first-order valence-electron chi connectivity index (χ1n) is 6.98. The monoisotopic (exact) mass is 275 g/mol. The number of ether oxygens (including phenoxy) is 1. The lowest BCUT2D eigenvalue weighted by Crippen LogP contribution is -2.24. The zero-order valence-electron chi connectivity index (χ0n) is 11.4. The van der Waals surface area contributed by atoms with Gasteiger partial charge in [0.1, 0.15) is 5.56 Å². The molecule has 0 aliphatic heterocycles. The van der Waals surface area contributed by atoms with Crippen LogP contribution in [-0.2, 0) is 4.74 Å². The van der Waals surface area contributed by atoms with Gasteiger partial charge in [0.15, 0.2) is 5.65 Å². The third-order valence-corrected chi connectivity index (χ3v) is 3.80. The van der Waals surface area contributed by atoms with Crippen molar-refractivity contribution in [3.8, 4) is 0 Å². The first-order chi connectivity index (χ1) is 9.70. The van der Waals surface area contributed by atoms with Crippen LogP contribution >= 0.6 is 0 Å². The average molecular weight is 275 g/mol. The second-order valence-corrected chi connectivity index (χ2v) is 5.08. The van der Waals surface area contributed by atoms with Crippen molar-refractivity contribution in [1.82, 2.24) is 14.6 Å². The molecule has 2 aromatic heterocycles. The number of hydrogen-bond acceptors (Lipinski definition) is 4. The molecule has 2 heterocycles. The quantitative estimate of drug-likeness (QED) is 0.867. The third kappa shape index (κ3) is 2.11. The normalized spacial score (nSPS) is 15.8. The lowest BCUT2D eigenvalue weighted by molar-refractivity contribution is 0.0523. The molecule has 1 N–H and O–H groups in total. The number of aromatic amines is 1. The summed E-state index contributed by atoms with van der Waals surface area (Å²) in [5.41, 5.74) is 1.12. The minimum atomic E-state index is -0.628. The van der Waals surface area contributed by atoms with Gasteiger partial charge in [-0.1, -0.05) is 12.8 Å². The van der Waals surface area contributed by atoms with Gasteiger partial charge in [-0.15, -0.1) is 0 Å². The fourth-order valence-corrected chi connectivity index (χ4v) is 2.77. The molecule has 1 saturated carbocycles. The summed E-state index contributed by atoms with van der Waals surface area (Å²) in [4.78, 5) is 28.1. The highest BCUT2D eigenvalue weighted by atomic mass is 16.5. The topological polar surface area (TPSA) is 76.5 Å². The highest BCUT2D eigenvalue weighted by molar-refractivity contribution is 5.88. The Morgan fingerprint density at radius 2 is 2.25 bits per heavy atom. The number of rotatable bonds is 3. The molecule has 2 aromatic rings. The minimum absolute atomic E-state index is 0.0378. The van der Waals surface area contributed by atoms with Crippen LogP contribution < -0.4 is 5.56 Å². The molecule has 0 aromatic carbocycles. The zero-order chi connectivity index (χ0) is 14.1. The number of fused-ring (bicyclic) bond motifs is 1. The van der Waals surface area contributed by atoms with E-state index in [-0.39, 0.29) is 12.2 Å². The van der Waals surface area contributed by atoms with Crippen molar-refractivity contribution < 1.29 is 9.53 Å². The lowest BCUT2D eigenvalue weighted by atomic mass is 10.1. The molecule has 6 heteroatoms. The zero-order valence-corrected chi connectivity index (χ0v) is 11.4.